The summed E-state index contributed by atoms with van der Waals surface area (Å²) in [6, 6.07) is 3.95. The van der Waals surface area contributed by atoms with Gasteiger partial charge in [0.1, 0.15) is 0 Å². The topological polar surface area (TPSA) is 27.7 Å². The summed E-state index contributed by atoms with van der Waals surface area (Å²) < 4.78 is 15.6. The second kappa shape index (κ2) is 4.19. The molecule has 1 heterocycles. The van der Waals surface area contributed by atoms with Crippen LogP contribution in [0, 0.1) is 6.92 Å². The van der Waals surface area contributed by atoms with E-state index < -0.39 is 5.97 Å². The third-order valence-corrected chi connectivity index (χ3v) is 2.91. The van der Waals surface area contributed by atoms with Crippen molar-refractivity contribution in [3.63, 3.8) is 0 Å². The van der Waals surface area contributed by atoms with Crippen molar-refractivity contribution in [1.29, 1.82) is 0 Å². The maximum absolute atomic E-state index is 5.20. The average molecular weight is 202 g/mol. The van der Waals surface area contributed by atoms with Crippen LogP contribution in [0.15, 0.2) is 12.1 Å². The zero-order valence-electron chi connectivity index (χ0n) is 8.29. The van der Waals surface area contributed by atoms with Crippen molar-refractivity contribution in [1.82, 2.24) is 0 Å². The summed E-state index contributed by atoms with van der Waals surface area (Å²) in [5, 5.41) is 0. The Hall–Kier alpha value is -0.420. The summed E-state index contributed by atoms with van der Waals surface area (Å²) in [6.45, 7) is 2.03. The first-order valence-corrected chi connectivity index (χ1v) is 4.72. The predicted molar refractivity (Wildman–Crippen MR) is 51.8 cm³/mol. The van der Waals surface area contributed by atoms with Crippen LogP contribution in [0.4, 0.5) is 0 Å². The monoisotopic (exact) mass is 202 g/mol. The van der Waals surface area contributed by atoms with Crippen molar-refractivity contribution in [2.24, 2.45) is 0 Å². The molecule has 0 aromatic carbocycles. The van der Waals surface area contributed by atoms with Gasteiger partial charge in [-0.05, 0) is 19.1 Å². The number of hydrogen-bond donors (Lipinski definition) is 0. The molecule has 0 aliphatic heterocycles. The minimum Gasteiger partial charge on any atom is -0.326 e. The highest BCUT2D eigenvalue weighted by Crippen LogP contribution is 2.32. The summed E-state index contributed by atoms with van der Waals surface area (Å²) in [6.07, 6.45) is 0. The Morgan fingerprint density at radius 2 is 1.62 bits per heavy atom. The molecule has 1 aromatic rings. The SMILES string of the molecule is COC(OC)(OC)c1ccc(C)s1. The Kier molecular flexibility index (Phi) is 3.44. The van der Waals surface area contributed by atoms with E-state index in [-0.39, 0.29) is 0 Å². The van der Waals surface area contributed by atoms with Crippen LogP contribution in [0.2, 0.25) is 0 Å². The molecule has 0 spiro atoms. The second-order valence-corrected chi connectivity index (χ2v) is 3.87. The summed E-state index contributed by atoms with van der Waals surface area (Å²) in [5.41, 5.74) is 0. The van der Waals surface area contributed by atoms with E-state index in [0.29, 0.717) is 0 Å². The maximum atomic E-state index is 5.20. The number of ether oxygens (including phenoxy) is 3. The van der Waals surface area contributed by atoms with Crippen LogP contribution in [0.5, 0.6) is 0 Å². The largest absolute Gasteiger partial charge is 0.326 e. The molecule has 0 aliphatic rings. The van der Waals surface area contributed by atoms with Crippen LogP contribution < -0.4 is 0 Å². The van der Waals surface area contributed by atoms with E-state index in [1.54, 1.807) is 32.7 Å². The van der Waals surface area contributed by atoms with Gasteiger partial charge in [-0.3, -0.25) is 0 Å². The Morgan fingerprint density at radius 1 is 1.08 bits per heavy atom. The fraction of sp³-hybridized carbons (Fsp3) is 0.556. The van der Waals surface area contributed by atoms with Crippen molar-refractivity contribution in [3.8, 4) is 0 Å². The minimum absolute atomic E-state index is 0.914. The van der Waals surface area contributed by atoms with Gasteiger partial charge in [0.05, 0.1) is 4.88 Å². The van der Waals surface area contributed by atoms with Gasteiger partial charge in [-0.25, -0.2) is 0 Å². The van der Waals surface area contributed by atoms with Gasteiger partial charge < -0.3 is 14.2 Å². The summed E-state index contributed by atoms with van der Waals surface area (Å²) in [4.78, 5) is 2.11. The molecule has 0 unspecified atom stereocenters. The van der Waals surface area contributed by atoms with Gasteiger partial charge in [0.25, 0.3) is 0 Å². The first-order valence-electron chi connectivity index (χ1n) is 3.91. The van der Waals surface area contributed by atoms with Gasteiger partial charge >= 0.3 is 5.97 Å². The standard InChI is InChI=1S/C9H14O3S/c1-7-5-6-8(13-7)9(10-2,11-3)12-4/h5-6H,1-4H3. The zero-order chi connectivity index (χ0) is 9.90. The highest BCUT2D eigenvalue weighted by atomic mass is 32.1. The van der Waals surface area contributed by atoms with Gasteiger partial charge in [-0.2, -0.15) is 0 Å². The zero-order valence-corrected chi connectivity index (χ0v) is 9.10. The number of hydrogen-bond acceptors (Lipinski definition) is 4. The third-order valence-electron chi connectivity index (χ3n) is 1.85. The van der Waals surface area contributed by atoms with Crippen molar-refractivity contribution in [3.05, 3.63) is 21.9 Å². The van der Waals surface area contributed by atoms with Crippen LogP contribution in [-0.4, -0.2) is 21.3 Å². The molecule has 0 amide bonds. The van der Waals surface area contributed by atoms with Crippen molar-refractivity contribution >= 4 is 11.3 Å². The van der Waals surface area contributed by atoms with Crippen molar-refractivity contribution < 1.29 is 14.2 Å². The molecule has 0 saturated carbocycles. The lowest BCUT2D eigenvalue weighted by molar-refractivity contribution is -0.362. The number of rotatable bonds is 4. The van der Waals surface area contributed by atoms with Crippen molar-refractivity contribution in [2.45, 2.75) is 12.9 Å². The first-order chi connectivity index (χ1) is 6.18. The maximum Gasteiger partial charge on any atom is 0.320 e. The lowest BCUT2D eigenvalue weighted by Gasteiger charge is -2.27. The van der Waals surface area contributed by atoms with E-state index in [9.17, 15) is 0 Å². The number of methoxy groups -OCH3 is 3. The third kappa shape index (κ3) is 1.91. The average Bonchev–Trinajstić information content (AvgIpc) is 2.57. The quantitative estimate of drug-likeness (QED) is 0.700. The van der Waals surface area contributed by atoms with Crippen LogP contribution in [0.25, 0.3) is 0 Å². The summed E-state index contributed by atoms with van der Waals surface area (Å²) in [5.74, 6) is -1.04. The van der Waals surface area contributed by atoms with Gasteiger partial charge in [-0.15, -0.1) is 11.3 Å². The molecule has 4 heteroatoms. The molecule has 1 rings (SSSR count). The van der Waals surface area contributed by atoms with Gasteiger partial charge in [0.15, 0.2) is 0 Å². The molecule has 3 nitrogen and oxygen atoms in total. The number of aryl methyl sites for hydroxylation is 1. The number of thiophene rings is 1. The molecule has 0 fully saturated rings. The minimum atomic E-state index is -1.04. The lowest BCUT2D eigenvalue weighted by atomic mass is 10.4. The fourth-order valence-electron chi connectivity index (χ4n) is 1.15. The summed E-state index contributed by atoms with van der Waals surface area (Å²) in [7, 11) is 4.67. The van der Waals surface area contributed by atoms with E-state index in [4.69, 9.17) is 14.2 Å². The molecule has 0 bridgehead atoms. The van der Waals surface area contributed by atoms with Crippen LogP contribution in [-0.2, 0) is 20.2 Å². The Labute approximate surface area is 82.2 Å². The van der Waals surface area contributed by atoms with Crippen LogP contribution in [0.1, 0.15) is 9.75 Å². The molecule has 13 heavy (non-hydrogen) atoms. The lowest BCUT2D eigenvalue weighted by Crippen LogP contribution is -2.31. The summed E-state index contributed by atoms with van der Waals surface area (Å²) >= 11 is 1.59. The second-order valence-electron chi connectivity index (χ2n) is 2.58. The molecule has 0 radical (unpaired) electrons. The van der Waals surface area contributed by atoms with Gasteiger partial charge in [0.2, 0.25) is 0 Å². The molecule has 0 atom stereocenters. The molecular formula is C9H14O3S. The normalized spacial score (nSPS) is 12.0. The molecular weight excluding hydrogens is 188 g/mol. The Bertz CT molecular complexity index is 257. The highest BCUT2D eigenvalue weighted by molar-refractivity contribution is 7.12. The smallest absolute Gasteiger partial charge is 0.320 e. The van der Waals surface area contributed by atoms with E-state index in [1.807, 2.05) is 19.1 Å². The van der Waals surface area contributed by atoms with Gasteiger partial charge in [0, 0.05) is 26.2 Å². The molecule has 0 saturated heterocycles. The fourth-order valence-corrected chi connectivity index (χ4v) is 2.14. The van der Waals surface area contributed by atoms with Crippen LogP contribution >= 0.6 is 11.3 Å². The molecule has 0 N–H and O–H groups in total. The Morgan fingerprint density at radius 3 is 1.92 bits per heavy atom. The predicted octanol–water partition coefficient (Wildman–Crippen LogP) is 2.11. The van der Waals surface area contributed by atoms with Crippen LogP contribution in [0.3, 0.4) is 0 Å². The molecule has 74 valence electrons. The highest BCUT2D eigenvalue weighted by Gasteiger charge is 2.33. The Balaban J connectivity index is 3.00. The molecule has 0 aliphatic carbocycles. The van der Waals surface area contributed by atoms with Crippen molar-refractivity contribution in [2.75, 3.05) is 21.3 Å². The first kappa shape index (κ1) is 10.7. The van der Waals surface area contributed by atoms with E-state index >= 15 is 0 Å². The van der Waals surface area contributed by atoms with E-state index in [0.717, 1.165) is 4.88 Å². The van der Waals surface area contributed by atoms with Gasteiger partial charge in [-0.1, -0.05) is 0 Å². The van der Waals surface area contributed by atoms with E-state index in [1.165, 1.54) is 4.88 Å². The molecule has 1 aromatic heterocycles. The van der Waals surface area contributed by atoms with E-state index in [2.05, 4.69) is 0 Å².